The molecule has 2 heteroatoms. The van der Waals surface area contributed by atoms with Gasteiger partial charge in [0.2, 0.25) is 0 Å². The van der Waals surface area contributed by atoms with Crippen LogP contribution in [-0.2, 0) is 4.74 Å². The molecule has 0 saturated heterocycles. The normalized spacial score (nSPS) is 46.3. The van der Waals surface area contributed by atoms with Gasteiger partial charge < -0.3 is 10.5 Å². The van der Waals surface area contributed by atoms with Crippen LogP contribution in [0.25, 0.3) is 0 Å². The molecule has 0 unspecified atom stereocenters. The van der Waals surface area contributed by atoms with Crippen molar-refractivity contribution >= 4 is 0 Å². The van der Waals surface area contributed by atoms with E-state index in [2.05, 4.69) is 13.8 Å². The van der Waals surface area contributed by atoms with E-state index in [0.717, 1.165) is 30.3 Å². The highest BCUT2D eigenvalue weighted by Crippen LogP contribution is 2.54. The number of hydrogen-bond acceptors (Lipinski definition) is 2. The minimum absolute atomic E-state index is 0.172. The van der Waals surface area contributed by atoms with Crippen molar-refractivity contribution in [2.75, 3.05) is 6.61 Å². The van der Waals surface area contributed by atoms with Gasteiger partial charge in [-0.3, -0.25) is 0 Å². The van der Waals surface area contributed by atoms with Gasteiger partial charge in [0, 0.05) is 5.54 Å². The third-order valence-electron chi connectivity index (χ3n) is 4.79. The molecule has 4 rings (SSSR count). The number of hydrogen-bond donors (Lipinski definition) is 1. The highest BCUT2D eigenvalue weighted by atomic mass is 16.5. The van der Waals surface area contributed by atoms with Gasteiger partial charge in [0.15, 0.2) is 0 Å². The summed E-state index contributed by atoms with van der Waals surface area (Å²) in [4.78, 5) is 0. The van der Waals surface area contributed by atoms with Crippen LogP contribution in [0.15, 0.2) is 0 Å². The van der Waals surface area contributed by atoms with Crippen LogP contribution in [0.2, 0.25) is 0 Å². The van der Waals surface area contributed by atoms with E-state index in [9.17, 15) is 0 Å². The topological polar surface area (TPSA) is 35.2 Å². The third kappa shape index (κ3) is 2.02. The Hall–Kier alpha value is -0.0800. The van der Waals surface area contributed by atoms with Crippen LogP contribution in [0.4, 0.5) is 0 Å². The van der Waals surface area contributed by atoms with Crippen LogP contribution >= 0.6 is 0 Å². The monoisotopic (exact) mass is 223 g/mol. The lowest BCUT2D eigenvalue weighted by molar-refractivity contribution is -0.132. The Morgan fingerprint density at radius 1 is 1.00 bits per heavy atom. The minimum Gasteiger partial charge on any atom is -0.376 e. The van der Waals surface area contributed by atoms with Crippen molar-refractivity contribution in [2.45, 2.75) is 57.6 Å². The molecule has 0 radical (unpaired) electrons. The molecule has 4 aliphatic rings. The first-order valence-electron chi connectivity index (χ1n) is 6.92. The van der Waals surface area contributed by atoms with Crippen molar-refractivity contribution < 1.29 is 4.74 Å². The Balaban J connectivity index is 1.64. The average molecular weight is 223 g/mol. The van der Waals surface area contributed by atoms with E-state index >= 15 is 0 Å². The van der Waals surface area contributed by atoms with E-state index in [1.165, 1.54) is 32.1 Å². The molecule has 4 saturated carbocycles. The maximum atomic E-state index is 6.16. The van der Waals surface area contributed by atoms with Crippen molar-refractivity contribution in [1.29, 1.82) is 0 Å². The lowest BCUT2D eigenvalue weighted by atomic mass is 9.55. The lowest BCUT2D eigenvalue weighted by Crippen LogP contribution is -2.51. The van der Waals surface area contributed by atoms with Crippen molar-refractivity contribution in [1.82, 2.24) is 0 Å². The third-order valence-corrected chi connectivity index (χ3v) is 4.79. The zero-order valence-electron chi connectivity index (χ0n) is 10.6. The molecule has 2 N–H and O–H groups in total. The fourth-order valence-electron chi connectivity index (χ4n) is 4.46. The summed E-state index contributed by atoms with van der Waals surface area (Å²) >= 11 is 0. The molecular formula is C14H25NO. The van der Waals surface area contributed by atoms with Gasteiger partial charge in [-0.25, -0.2) is 0 Å². The van der Waals surface area contributed by atoms with E-state index in [0.29, 0.717) is 6.10 Å². The second kappa shape index (κ2) is 3.71. The van der Waals surface area contributed by atoms with Crippen LogP contribution in [0.5, 0.6) is 0 Å². The summed E-state index contributed by atoms with van der Waals surface area (Å²) in [5.74, 6) is 3.79. The van der Waals surface area contributed by atoms with Crippen LogP contribution in [-0.4, -0.2) is 18.2 Å². The Kier molecular flexibility index (Phi) is 2.56. The summed E-state index contributed by atoms with van der Waals surface area (Å²) < 4.78 is 6.16. The highest BCUT2D eigenvalue weighted by molar-refractivity contribution is 4.99. The van der Waals surface area contributed by atoms with Crippen molar-refractivity contribution in [3.63, 3.8) is 0 Å². The highest BCUT2D eigenvalue weighted by Gasteiger charge is 2.48. The second-order valence-corrected chi connectivity index (χ2v) is 7.19. The Morgan fingerprint density at radius 2 is 1.50 bits per heavy atom. The first-order chi connectivity index (χ1) is 7.51. The molecule has 0 aromatic carbocycles. The summed E-state index contributed by atoms with van der Waals surface area (Å²) in [6, 6.07) is 0. The molecule has 16 heavy (non-hydrogen) atoms. The Bertz CT molecular complexity index is 240. The summed E-state index contributed by atoms with van der Waals surface area (Å²) in [6.07, 6.45) is 7.79. The number of nitrogens with two attached hydrogens (primary N) is 1. The average Bonchev–Trinajstić information content (AvgIpc) is 2.13. The van der Waals surface area contributed by atoms with Crippen LogP contribution < -0.4 is 5.73 Å². The van der Waals surface area contributed by atoms with Gasteiger partial charge in [-0.15, -0.1) is 0 Å². The van der Waals surface area contributed by atoms with E-state index in [4.69, 9.17) is 10.5 Å². The Morgan fingerprint density at radius 3 is 1.94 bits per heavy atom. The van der Waals surface area contributed by atoms with Gasteiger partial charge in [-0.2, -0.15) is 0 Å². The molecular weight excluding hydrogens is 198 g/mol. The largest absolute Gasteiger partial charge is 0.376 e. The van der Waals surface area contributed by atoms with E-state index in [1.54, 1.807) is 0 Å². The smallest absolute Gasteiger partial charge is 0.0644 e. The van der Waals surface area contributed by atoms with Gasteiger partial charge in [-0.1, -0.05) is 0 Å². The molecule has 4 aliphatic carbocycles. The molecule has 92 valence electrons. The SMILES string of the molecule is CC(C)(N)COC1C2CC3CC(C2)CC1C3. The Labute approximate surface area is 98.9 Å². The first-order valence-corrected chi connectivity index (χ1v) is 6.92. The molecule has 4 bridgehead atoms. The predicted molar refractivity (Wildman–Crippen MR) is 65.1 cm³/mol. The maximum absolute atomic E-state index is 6.16. The zero-order chi connectivity index (χ0) is 11.3. The molecule has 0 heterocycles. The van der Waals surface area contributed by atoms with Crippen LogP contribution in [0, 0.1) is 23.7 Å². The molecule has 0 aromatic rings. The predicted octanol–water partition coefficient (Wildman–Crippen LogP) is 2.57. The van der Waals surface area contributed by atoms with Gasteiger partial charge in [0.05, 0.1) is 12.7 Å². The fraction of sp³-hybridized carbons (Fsp3) is 1.00. The molecule has 2 nitrogen and oxygen atoms in total. The molecule has 4 fully saturated rings. The number of ether oxygens (including phenoxy) is 1. The molecule has 0 aliphatic heterocycles. The van der Waals surface area contributed by atoms with Crippen molar-refractivity contribution in [2.24, 2.45) is 29.4 Å². The maximum Gasteiger partial charge on any atom is 0.0644 e. The lowest BCUT2D eigenvalue weighted by Gasteiger charge is -2.54. The van der Waals surface area contributed by atoms with Crippen molar-refractivity contribution in [3.05, 3.63) is 0 Å². The summed E-state index contributed by atoms with van der Waals surface area (Å²) in [7, 11) is 0. The molecule has 0 spiro atoms. The van der Waals surface area contributed by atoms with Gasteiger partial charge in [0.25, 0.3) is 0 Å². The van der Waals surface area contributed by atoms with E-state index in [1.807, 2.05) is 0 Å². The summed E-state index contributed by atoms with van der Waals surface area (Å²) in [5.41, 5.74) is 5.84. The zero-order valence-corrected chi connectivity index (χ0v) is 10.6. The fourth-order valence-corrected chi connectivity index (χ4v) is 4.46. The second-order valence-electron chi connectivity index (χ2n) is 7.19. The molecule has 0 amide bonds. The van der Waals surface area contributed by atoms with Crippen LogP contribution in [0.1, 0.15) is 46.0 Å². The van der Waals surface area contributed by atoms with Crippen LogP contribution in [0.3, 0.4) is 0 Å². The quantitative estimate of drug-likeness (QED) is 0.798. The van der Waals surface area contributed by atoms with Crippen molar-refractivity contribution in [3.8, 4) is 0 Å². The van der Waals surface area contributed by atoms with Gasteiger partial charge in [0.1, 0.15) is 0 Å². The summed E-state index contributed by atoms with van der Waals surface area (Å²) in [6.45, 7) is 4.84. The molecule has 0 aromatic heterocycles. The molecule has 0 atom stereocenters. The van der Waals surface area contributed by atoms with Gasteiger partial charge >= 0.3 is 0 Å². The first kappa shape index (κ1) is 11.0. The standard InChI is InChI=1S/C14H25NO/c1-14(2,15)8-16-13-11-4-9-3-10(6-11)7-12(13)5-9/h9-13H,3-8,15H2,1-2H3. The van der Waals surface area contributed by atoms with E-state index < -0.39 is 0 Å². The number of rotatable bonds is 3. The minimum atomic E-state index is -0.172. The summed E-state index contributed by atoms with van der Waals surface area (Å²) in [5, 5.41) is 0. The van der Waals surface area contributed by atoms with Gasteiger partial charge in [-0.05, 0) is 69.6 Å². The van der Waals surface area contributed by atoms with E-state index in [-0.39, 0.29) is 5.54 Å².